The van der Waals surface area contributed by atoms with E-state index in [1.165, 1.54) is 36.4 Å². The molecule has 0 aliphatic rings. The summed E-state index contributed by atoms with van der Waals surface area (Å²) < 4.78 is 15.0. The number of carboxylic acid groups (broad SMARTS) is 1. The van der Waals surface area contributed by atoms with Crippen LogP contribution in [0, 0.1) is 0 Å². The Labute approximate surface area is 119 Å². The van der Waals surface area contributed by atoms with Gasteiger partial charge in [-0.2, -0.15) is 0 Å². The van der Waals surface area contributed by atoms with Crippen molar-refractivity contribution in [1.29, 1.82) is 0 Å². The van der Waals surface area contributed by atoms with Gasteiger partial charge in [0.05, 0.1) is 0 Å². The van der Waals surface area contributed by atoms with Crippen LogP contribution in [0.4, 0.5) is 4.39 Å². The Kier molecular flexibility index (Phi) is 3.78. The smallest absolute Gasteiger partial charge is 0.350 e. The van der Waals surface area contributed by atoms with Crippen molar-refractivity contribution >= 4 is 29.2 Å². The molecule has 0 bridgehead atoms. The van der Waals surface area contributed by atoms with Crippen LogP contribution in [0.1, 0.15) is 11.1 Å². The molecule has 0 atom stereocenters. The summed E-state index contributed by atoms with van der Waals surface area (Å²) in [6, 6.07) is 11.4. The lowest BCUT2D eigenvalue weighted by atomic mass is 9.88. The molecule has 2 aromatic rings. The molecular formula is C14H9Cl2FO2. The summed E-state index contributed by atoms with van der Waals surface area (Å²) in [6.45, 7) is 0. The Morgan fingerprint density at radius 1 is 1.00 bits per heavy atom. The zero-order chi connectivity index (χ0) is 14.0. The number of halogens is 3. The van der Waals surface area contributed by atoms with Gasteiger partial charge in [-0.1, -0.05) is 47.5 Å². The molecule has 19 heavy (non-hydrogen) atoms. The molecule has 2 rings (SSSR count). The number of benzene rings is 2. The van der Waals surface area contributed by atoms with Gasteiger partial charge in [-0.15, -0.1) is 0 Å². The van der Waals surface area contributed by atoms with Crippen molar-refractivity contribution in [3.8, 4) is 0 Å². The number of hydrogen-bond acceptors (Lipinski definition) is 1. The van der Waals surface area contributed by atoms with Crippen LogP contribution in [-0.4, -0.2) is 11.1 Å². The molecule has 0 aromatic heterocycles. The molecule has 98 valence electrons. The maximum absolute atomic E-state index is 15.0. The zero-order valence-electron chi connectivity index (χ0n) is 9.61. The Morgan fingerprint density at radius 3 is 1.74 bits per heavy atom. The largest absolute Gasteiger partial charge is 0.478 e. The molecule has 0 saturated carbocycles. The number of carboxylic acids is 1. The molecule has 0 unspecified atom stereocenters. The van der Waals surface area contributed by atoms with Crippen LogP contribution in [0.3, 0.4) is 0 Å². The first kappa shape index (κ1) is 13.8. The lowest BCUT2D eigenvalue weighted by Gasteiger charge is -2.22. The van der Waals surface area contributed by atoms with Crippen molar-refractivity contribution in [1.82, 2.24) is 0 Å². The van der Waals surface area contributed by atoms with E-state index in [-0.39, 0.29) is 21.2 Å². The number of rotatable bonds is 3. The highest BCUT2D eigenvalue weighted by Crippen LogP contribution is 2.36. The highest BCUT2D eigenvalue weighted by atomic mass is 35.5. The fourth-order valence-electron chi connectivity index (χ4n) is 1.82. The van der Waals surface area contributed by atoms with Crippen molar-refractivity contribution in [3.63, 3.8) is 0 Å². The van der Waals surface area contributed by atoms with E-state index in [0.29, 0.717) is 0 Å². The molecule has 0 spiro atoms. The Hall–Kier alpha value is -1.58. The second-order valence-corrected chi connectivity index (χ2v) is 4.86. The van der Waals surface area contributed by atoms with Gasteiger partial charge in [0.2, 0.25) is 0 Å². The third-order valence-corrected chi connectivity index (χ3v) is 3.21. The minimum absolute atomic E-state index is 0.0465. The van der Waals surface area contributed by atoms with Crippen LogP contribution in [0.2, 0.25) is 10.0 Å². The van der Waals surface area contributed by atoms with Crippen molar-refractivity contribution in [2.45, 2.75) is 5.67 Å². The summed E-state index contributed by atoms with van der Waals surface area (Å²) in [6.07, 6.45) is 0. The molecule has 0 heterocycles. The van der Waals surface area contributed by atoms with Crippen molar-refractivity contribution in [2.24, 2.45) is 0 Å². The standard InChI is InChI=1S/C14H9Cl2FO2/c15-11-5-1-3-9(7-11)14(17,13(18)19)10-4-2-6-12(16)8-10/h1-8H,(H,18,19). The summed E-state index contributed by atoms with van der Waals surface area (Å²) in [5.41, 5.74) is -2.78. The van der Waals surface area contributed by atoms with E-state index in [2.05, 4.69) is 0 Å². The number of alkyl halides is 1. The maximum Gasteiger partial charge on any atom is 0.350 e. The summed E-state index contributed by atoms with van der Waals surface area (Å²) in [4.78, 5) is 11.4. The Morgan fingerprint density at radius 2 is 1.42 bits per heavy atom. The van der Waals surface area contributed by atoms with Gasteiger partial charge in [-0.05, 0) is 24.3 Å². The molecule has 5 heteroatoms. The van der Waals surface area contributed by atoms with E-state index in [1.807, 2.05) is 0 Å². The van der Waals surface area contributed by atoms with Gasteiger partial charge in [-0.25, -0.2) is 9.18 Å². The molecule has 0 saturated heterocycles. The van der Waals surface area contributed by atoms with Gasteiger partial charge in [0.25, 0.3) is 5.67 Å². The van der Waals surface area contributed by atoms with Crippen molar-refractivity contribution in [2.75, 3.05) is 0 Å². The van der Waals surface area contributed by atoms with Crippen LogP contribution in [0.25, 0.3) is 0 Å². The maximum atomic E-state index is 15.0. The highest BCUT2D eigenvalue weighted by molar-refractivity contribution is 6.31. The first-order valence-electron chi connectivity index (χ1n) is 5.39. The van der Waals surface area contributed by atoms with Crippen LogP contribution in [0.5, 0.6) is 0 Å². The van der Waals surface area contributed by atoms with Gasteiger partial charge in [0, 0.05) is 21.2 Å². The van der Waals surface area contributed by atoms with Crippen molar-refractivity contribution < 1.29 is 14.3 Å². The molecule has 2 nitrogen and oxygen atoms in total. The monoisotopic (exact) mass is 298 g/mol. The minimum Gasteiger partial charge on any atom is -0.478 e. The van der Waals surface area contributed by atoms with Crippen LogP contribution >= 0.6 is 23.2 Å². The van der Waals surface area contributed by atoms with E-state index in [1.54, 1.807) is 12.1 Å². The molecule has 0 amide bonds. The predicted octanol–water partition coefficient (Wildman–Crippen LogP) is 4.29. The summed E-state index contributed by atoms with van der Waals surface area (Å²) in [7, 11) is 0. The molecule has 0 radical (unpaired) electrons. The summed E-state index contributed by atoms with van der Waals surface area (Å²) in [5, 5.41) is 9.79. The fraction of sp³-hybridized carbons (Fsp3) is 0.0714. The molecule has 0 aliphatic heterocycles. The van der Waals surface area contributed by atoms with E-state index >= 15 is 4.39 Å². The normalized spacial score (nSPS) is 11.3. The lowest BCUT2D eigenvalue weighted by Crippen LogP contribution is -2.32. The van der Waals surface area contributed by atoms with E-state index in [4.69, 9.17) is 23.2 Å². The topological polar surface area (TPSA) is 37.3 Å². The highest BCUT2D eigenvalue weighted by Gasteiger charge is 2.43. The minimum atomic E-state index is -2.68. The molecule has 2 aromatic carbocycles. The van der Waals surface area contributed by atoms with E-state index in [0.717, 1.165) is 0 Å². The number of hydrogen-bond donors (Lipinski definition) is 1. The average Bonchev–Trinajstić information content (AvgIpc) is 2.37. The first-order valence-corrected chi connectivity index (χ1v) is 6.14. The molecule has 0 aliphatic carbocycles. The summed E-state index contributed by atoms with van der Waals surface area (Å²) >= 11 is 11.6. The van der Waals surface area contributed by atoms with E-state index in [9.17, 15) is 9.90 Å². The predicted molar refractivity (Wildman–Crippen MR) is 72.4 cm³/mol. The van der Waals surface area contributed by atoms with Crippen LogP contribution < -0.4 is 0 Å². The van der Waals surface area contributed by atoms with Gasteiger partial charge < -0.3 is 5.11 Å². The Balaban J connectivity index is 2.65. The van der Waals surface area contributed by atoms with Gasteiger partial charge in [0.15, 0.2) is 0 Å². The molecule has 1 N–H and O–H groups in total. The van der Waals surface area contributed by atoms with Crippen LogP contribution in [-0.2, 0) is 10.5 Å². The lowest BCUT2D eigenvalue weighted by molar-refractivity contribution is -0.148. The third-order valence-electron chi connectivity index (χ3n) is 2.74. The number of carbonyl (C=O) groups is 1. The van der Waals surface area contributed by atoms with Gasteiger partial charge in [0.1, 0.15) is 0 Å². The number of aliphatic carboxylic acids is 1. The second-order valence-electron chi connectivity index (χ2n) is 3.98. The van der Waals surface area contributed by atoms with Crippen molar-refractivity contribution in [3.05, 3.63) is 69.7 Å². The average molecular weight is 299 g/mol. The van der Waals surface area contributed by atoms with Gasteiger partial charge in [-0.3, -0.25) is 0 Å². The second kappa shape index (κ2) is 5.19. The first-order chi connectivity index (χ1) is 8.94. The van der Waals surface area contributed by atoms with Crippen LogP contribution in [0.15, 0.2) is 48.5 Å². The fourth-order valence-corrected chi connectivity index (χ4v) is 2.20. The third kappa shape index (κ3) is 2.57. The quantitative estimate of drug-likeness (QED) is 0.918. The van der Waals surface area contributed by atoms with Gasteiger partial charge >= 0.3 is 5.97 Å². The molecular weight excluding hydrogens is 290 g/mol. The summed E-state index contributed by atoms with van der Waals surface area (Å²) in [5.74, 6) is -1.61. The molecule has 0 fully saturated rings. The SMILES string of the molecule is O=C(O)C(F)(c1cccc(Cl)c1)c1cccc(Cl)c1. The Bertz CT molecular complexity index is 583. The zero-order valence-corrected chi connectivity index (χ0v) is 11.1. The van der Waals surface area contributed by atoms with E-state index < -0.39 is 11.6 Å².